The van der Waals surface area contributed by atoms with E-state index in [-0.39, 0.29) is 56.1 Å². The van der Waals surface area contributed by atoms with Crippen molar-refractivity contribution in [1.82, 2.24) is 40.5 Å². The minimum atomic E-state index is -4.63. The molecule has 3 aliphatic rings. The number of halogens is 5. The van der Waals surface area contributed by atoms with Gasteiger partial charge in [-0.3, -0.25) is 9.59 Å². The van der Waals surface area contributed by atoms with Crippen LogP contribution in [-0.2, 0) is 17.6 Å². The quantitative estimate of drug-likeness (QED) is 0.250. The summed E-state index contributed by atoms with van der Waals surface area (Å²) >= 11 is 0. The number of oxazole rings is 1. The van der Waals surface area contributed by atoms with Gasteiger partial charge < -0.3 is 15.1 Å². The number of hydrogen-bond donors (Lipinski definition) is 2. The highest BCUT2D eigenvalue weighted by Crippen LogP contribution is 2.44. The minimum absolute atomic E-state index is 0.0437. The number of nitrogens with zero attached hydrogens (tertiary/aromatic N) is 6. The number of nitrogens with one attached hydrogen (secondary N) is 2. The molecule has 1 aliphatic heterocycles. The zero-order valence-electron chi connectivity index (χ0n) is 24.3. The normalized spacial score (nSPS) is 24.3. The Hall–Kier alpha value is -4.44. The first-order valence-electron chi connectivity index (χ1n) is 15.0. The number of alkyl halides is 5. The summed E-state index contributed by atoms with van der Waals surface area (Å²) in [6, 6.07) is -1.19. The molecule has 3 atom stereocenters. The summed E-state index contributed by atoms with van der Waals surface area (Å²) in [5.74, 6) is -4.40. The standard InChI is InChI=1S/C29H29F5N8O4/c30-28(31)5-3-17(4-6-28)22(39-25(43)24-23(16-1-2-16)40-46-41-24)19-12-42-21(37-19)7-15(11-36-42)8-27(9-18-13-45-14-35-18)10-20(29(32,33)34)38-26(27)44/h7,11-14,16-17,20,22H,1-6,8-10H2,(H,38,44)(H,39,43)/t20-,22-,27-/m0/s1. The molecule has 5 heterocycles. The van der Waals surface area contributed by atoms with Crippen LogP contribution in [0, 0.1) is 11.3 Å². The monoisotopic (exact) mass is 648 g/mol. The van der Waals surface area contributed by atoms with E-state index in [1.165, 1.54) is 17.0 Å². The molecular formula is C29H29F5N8O4. The van der Waals surface area contributed by atoms with Crippen molar-refractivity contribution in [1.29, 1.82) is 0 Å². The average molecular weight is 649 g/mol. The number of aromatic nitrogens is 6. The van der Waals surface area contributed by atoms with Crippen LogP contribution in [0.3, 0.4) is 0 Å². The van der Waals surface area contributed by atoms with Gasteiger partial charge in [0.25, 0.3) is 5.91 Å². The van der Waals surface area contributed by atoms with Crippen molar-refractivity contribution in [2.45, 2.75) is 87.9 Å². The molecular weight excluding hydrogens is 619 g/mol. The van der Waals surface area contributed by atoms with E-state index in [4.69, 9.17) is 9.05 Å². The summed E-state index contributed by atoms with van der Waals surface area (Å²) < 4.78 is 80.4. The first kappa shape index (κ1) is 30.2. The van der Waals surface area contributed by atoms with E-state index < -0.39 is 47.8 Å². The van der Waals surface area contributed by atoms with E-state index in [1.54, 1.807) is 12.3 Å². The fraction of sp³-hybridized carbons (Fsp3) is 0.552. The number of rotatable bonds is 9. The molecule has 0 bridgehead atoms. The lowest BCUT2D eigenvalue weighted by atomic mass is 9.75. The molecule has 1 saturated heterocycles. The molecule has 46 heavy (non-hydrogen) atoms. The highest BCUT2D eigenvalue weighted by molar-refractivity contribution is 5.93. The van der Waals surface area contributed by atoms with E-state index in [1.807, 2.05) is 0 Å². The van der Waals surface area contributed by atoms with Crippen molar-refractivity contribution >= 4 is 17.5 Å². The summed E-state index contributed by atoms with van der Waals surface area (Å²) in [5, 5.41) is 17.1. The van der Waals surface area contributed by atoms with Gasteiger partial charge in [-0.25, -0.2) is 27.9 Å². The molecule has 0 unspecified atom stereocenters. The SMILES string of the molecule is O=C(N[C@H](c1cn2ncc(C[C@]3(Cc4cocn4)C[C@@H](C(F)(F)F)NC3=O)cc2n1)C1CCC(F)(F)CC1)c1nonc1C1CC1. The molecule has 2 amide bonds. The van der Waals surface area contributed by atoms with Crippen LogP contribution in [0.2, 0.25) is 0 Å². The fourth-order valence-electron chi connectivity index (χ4n) is 6.67. The van der Waals surface area contributed by atoms with E-state index >= 15 is 0 Å². The van der Waals surface area contributed by atoms with Crippen LogP contribution in [0.25, 0.3) is 5.65 Å². The topological polar surface area (TPSA) is 153 Å². The molecule has 4 aromatic rings. The van der Waals surface area contributed by atoms with Crippen LogP contribution >= 0.6 is 0 Å². The Morgan fingerprint density at radius 1 is 1.15 bits per heavy atom. The number of amides is 2. The fourth-order valence-corrected chi connectivity index (χ4v) is 6.67. The Morgan fingerprint density at radius 3 is 2.61 bits per heavy atom. The Bertz CT molecular complexity index is 1740. The first-order chi connectivity index (χ1) is 21.9. The molecule has 4 aromatic heterocycles. The first-order valence-corrected chi connectivity index (χ1v) is 15.0. The Morgan fingerprint density at radius 2 is 1.93 bits per heavy atom. The van der Waals surface area contributed by atoms with Gasteiger partial charge in [0.05, 0.1) is 35.2 Å². The van der Waals surface area contributed by atoms with Crippen LogP contribution in [-0.4, -0.2) is 59.9 Å². The number of fused-ring (bicyclic) bond motifs is 1. The zero-order valence-corrected chi connectivity index (χ0v) is 24.3. The van der Waals surface area contributed by atoms with Gasteiger partial charge in [0.15, 0.2) is 17.7 Å². The number of imidazole rings is 1. The van der Waals surface area contributed by atoms with E-state index in [0.717, 1.165) is 19.2 Å². The van der Waals surface area contributed by atoms with Crippen molar-refractivity contribution in [3.05, 3.63) is 59.5 Å². The maximum Gasteiger partial charge on any atom is 0.408 e. The summed E-state index contributed by atoms with van der Waals surface area (Å²) in [7, 11) is 0. The molecule has 7 rings (SSSR count). The predicted octanol–water partition coefficient (Wildman–Crippen LogP) is 4.50. The maximum absolute atomic E-state index is 14.1. The highest BCUT2D eigenvalue weighted by atomic mass is 19.4. The minimum Gasteiger partial charge on any atom is -0.451 e. The summed E-state index contributed by atoms with van der Waals surface area (Å²) in [4.78, 5) is 35.2. The highest BCUT2D eigenvalue weighted by Gasteiger charge is 2.55. The molecule has 0 aromatic carbocycles. The number of carbonyl (C=O) groups is 2. The van der Waals surface area contributed by atoms with E-state index in [2.05, 4.69) is 36.0 Å². The van der Waals surface area contributed by atoms with Gasteiger partial charge in [-0.1, -0.05) is 5.16 Å². The van der Waals surface area contributed by atoms with Crippen LogP contribution in [0.4, 0.5) is 22.0 Å². The smallest absolute Gasteiger partial charge is 0.408 e. The lowest BCUT2D eigenvalue weighted by Crippen LogP contribution is -2.39. The molecule has 0 radical (unpaired) electrons. The predicted molar refractivity (Wildman–Crippen MR) is 145 cm³/mol. The third-order valence-corrected chi connectivity index (χ3v) is 9.25. The van der Waals surface area contributed by atoms with Crippen molar-refractivity contribution in [3.63, 3.8) is 0 Å². The van der Waals surface area contributed by atoms with E-state index in [9.17, 15) is 31.5 Å². The van der Waals surface area contributed by atoms with Crippen molar-refractivity contribution in [3.8, 4) is 0 Å². The second kappa shape index (κ2) is 11.1. The summed E-state index contributed by atoms with van der Waals surface area (Å²) in [6.07, 6.45) is 1.43. The number of carbonyl (C=O) groups excluding carboxylic acids is 2. The zero-order chi connectivity index (χ0) is 32.3. The molecule has 2 N–H and O–H groups in total. The van der Waals surface area contributed by atoms with Crippen LogP contribution in [0.15, 0.2) is 40.2 Å². The molecule has 0 spiro atoms. The summed E-state index contributed by atoms with van der Waals surface area (Å²) in [6.45, 7) is 0. The molecule has 2 saturated carbocycles. The van der Waals surface area contributed by atoms with Crippen molar-refractivity contribution in [2.75, 3.05) is 0 Å². The second-order valence-electron chi connectivity index (χ2n) is 12.6. The van der Waals surface area contributed by atoms with Crippen LogP contribution < -0.4 is 10.6 Å². The van der Waals surface area contributed by atoms with Gasteiger partial charge in [-0.05, 0) is 61.2 Å². The average Bonchev–Trinajstić information content (AvgIpc) is 3.37. The molecule has 2 aliphatic carbocycles. The Labute approximate surface area is 257 Å². The molecule has 244 valence electrons. The third kappa shape index (κ3) is 5.93. The number of hydrogen-bond acceptors (Lipinski definition) is 9. The van der Waals surface area contributed by atoms with Gasteiger partial charge in [0, 0.05) is 25.2 Å². The Balaban J connectivity index is 1.18. The van der Waals surface area contributed by atoms with E-state index in [0.29, 0.717) is 28.3 Å². The lowest BCUT2D eigenvalue weighted by molar-refractivity contribution is -0.155. The largest absolute Gasteiger partial charge is 0.451 e. The van der Waals surface area contributed by atoms with Gasteiger partial charge in [0.2, 0.25) is 11.8 Å². The molecule has 3 fully saturated rings. The van der Waals surface area contributed by atoms with Gasteiger partial charge >= 0.3 is 6.18 Å². The second-order valence-corrected chi connectivity index (χ2v) is 12.6. The molecule has 17 heteroatoms. The third-order valence-electron chi connectivity index (χ3n) is 9.25. The molecule has 12 nitrogen and oxygen atoms in total. The van der Waals surface area contributed by atoms with Gasteiger partial charge in [0.1, 0.15) is 18.0 Å². The Kier molecular flexibility index (Phi) is 7.31. The van der Waals surface area contributed by atoms with Gasteiger partial charge in [-0.15, -0.1) is 0 Å². The maximum atomic E-state index is 14.1. The van der Waals surface area contributed by atoms with Crippen LogP contribution in [0.1, 0.15) is 90.0 Å². The van der Waals surface area contributed by atoms with Gasteiger partial charge in [-0.2, -0.15) is 18.3 Å². The summed E-state index contributed by atoms with van der Waals surface area (Å²) in [5.41, 5.74) is 0.466. The lowest BCUT2D eigenvalue weighted by Gasteiger charge is -2.33. The van der Waals surface area contributed by atoms with Crippen molar-refractivity contribution in [2.24, 2.45) is 11.3 Å². The van der Waals surface area contributed by atoms with Crippen LogP contribution in [0.5, 0.6) is 0 Å². The van der Waals surface area contributed by atoms with Crippen molar-refractivity contribution < 1.29 is 40.6 Å².